The number of hydrogen-bond donors (Lipinski definition) is 1. The molecule has 3 aromatic rings. The van der Waals surface area contributed by atoms with E-state index in [-0.39, 0.29) is 5.91 Å². The van der Waals surface area contributed by atoms with Crippen LogP contribution in [0.25, 0.3) is 0 Å². The fourth-order valence-corrected chi connectivity index (χ4v) is 4.74. The Labute approximate surface area is 174 Å². The van der Waals surface area contributed by atoms with Gasteiger partial charge in [-0.15, -0.1) is 0 Å². The largest absolute Gasteiger partial charge is 0.493 e. The molecule has 1 amide bonds. The van der Waals surface area contributed by atoms with Crippen LogP contribution in [0.2, 0.25) is 0 Å². The molecule has 0 saturated heterocycles. The highest BCUT2D eigenvalue weighted by atomic mass is 32.1. The quantitative estimate of drug-likeness (QED) is 0.603. The van der Waals surface area contributed by atoms with Crippen molar-refractivity contribution in [3.05, 3.63) is 69.2 Å². The van der Waals surface area contributed by atoms with Crippen LogP contribution in [0.3, 0.4) is 0 Å². The van der Waals surface area contributed by atoms with Crippen molar-refractivity contribution in [2.24, 2.45) is 0 Å². The number of aromatic amines is 1. The summed E-state index contributed by atoms with van der Waals surface area (Å²) in [5, 5.41) is 11.7. The molecule has 0 unspecified atom stereocenters. The first kappa shape index (κ1) is 18.4. The molecular formula is C23H25N3O2S. The van der Waals surface area contributed by atoms with Gasteiger partial charge in [0.15, 0.2) is 5.69 Å². The summed E-state index contributed by atoms with van der Waals surface area (Å²) in [6.07, 6.45) is 6.13. The predicted molar refractivity (Wildman–Crippen MR) is 113 cm³/mol. The summed E-state index contributed by atoms with van der Waals surface area (Å²) in [5.74, 6) is 0.928. The highest BCUT2D eigenvalue weighted by Crippen LogP contribution is 2.32. The van der Waals surface area contributed by atoms with Crippen molar-refractivity contribution in [1.29, 1.82) is 0 Å². The van der Waals surface area contributed by atoms with Crippen LogP contribution in [0.5, 0.6) is 5.75 Å². The number of hydrogen-bond acceptors (Lipinski definition) is 4. The van der Waals surface area contributed by atoms with Gasteiger partial charge in [-0.05, 0) is 72.2 Å². The second-order valence-electron chi connectivity index (χ2n) is 7.92. The first-order valence-electron chi connectivity index (χ1n) is 10.4. The minimum absolute atomic E-state index is 0.0654. The Balaban J connectivity index is 1.26. The lowest BCUT2D eigenvalue weighted by Gasteiger charge is -2.22. The zero-order valence-corrected chi connectivity index (χ0v) is 17.2. The third-order valence-corrected chi connectivity index (χ3v) is 6.48. The SMILES string of the molecule is O=C(c1n[nH]c2c1CCC2)N(Cc1cccc(OCCc2ccsc2)c1)C1CC1. The van der Waals surface area contributed by atoms with E-state index in [9.17, 15) is 4.79 Å². The van der Waals surface area contributed by atoms with Gasteiger partial charge in [-0.25, -0.2) is 0 Å². The lowest BCUT2D eigenvalue weighted by molar-refractivity contribution is 0.0722. The molecule has 0 atom stereocenters. The molecule has 0 bridgehead atoms. The zero-order valence-electron chi connectivity index (χ0n) is 16.4. The molecule has 6 heteroatoms. The van der Waals surface area contributed by atoms with E-state index in [2.05, 4.69) is 39.2 Å². The van der Waals surface area contributed by atoms with Crippen LogP contribution in [0.1, 0.15) is 52.1 Å². The van der Waals surface area contributed by atoms with Gasteiger partial charge in [-0.1, -0.05) is 12.1 Å². The van der Waals surface area contributed by atoms with E-state index in [0.29, 0.717) is 24.9 Å². The van der Waals surface area contributed by atoms with Gasteiger partial charge in [0.1, 0.15) is 5.75 Å². The maximum absolute atomic E-state index is 13.3. The number of thiophene rings is 1. The standard InChI is InChI=1S/C23H25N3O2S/c27-23(22-20-5-2-6-21(20)24-25-22)26(18-7-8-18)14-17-3-1-4-19(13-17)28-11-9-16-10-12-29-15-16/h1,3-4,10,12-13,15,18H,2,5-9,11,14H2,(H,24,25). The number of fused-ring (bicyclic) bond motifs is 1. The highest BCUT2D eigenvalue weighted by molar-refractivity contribution is 7.07. The third kappa shape index (κ3) is 4.08. The van der Waals surface area contributed by atoms with Crippen molar-refractivity contribution in [2.75, 3.05) is 6.61 Å². The first-order chi connectivity index (χ1) is 14.3. The second kappa shape index (κ2) is 8.03. The van der Waals surface area contributed by atoms with Crippen LogP contribution in [0.15, 0.2) is 41.1 Å². The van der Waals surface area contributed by atoms with Gasteiger partial charge in [0.25, 0.3) is 5.91 Å². The molecule has 29 heavy (non-hydrogen) atoms. The topological polar surface area (TPSA) is 58.2 Å². The van der Waals surface area contributed by atoms with E-state index in [1.807, 2.05) is 17.0 Å². The fraction of sp³-hybridized carbons (Fsp3) is 0.391. The summed E-state index contributed by atoms with van der Waals surface area (Å²) < 4.78 is 5.95. The van der Waals surface area contributed by atoms with Crippen molar-refractivity contribution >= 4 is 17.2 Å². The lowest BCUT2D eigenvalue weighted by atomic mass is 10.1. The van der Waals surface area contributed by atoms with E-state index in [1.54, 1.807) is 11.3 Å². The van der Waals surface area contributed by atoms with Gasteiger partial charge in [0, 0.05) is 30.3 Å². The maximum atomic E-state index is 13.3. The third-order valence-electron chi connectivity index (χ3n) is 5.75. The van der Waals surface area contributed by atoms with Crippen LogP contribution in [-0.4, -0.2) is 33.7 Å². The Morgan fingerprint density at radius 1 is 1.24 bits per heavy atom. The van der Waals surface area contributed by atoms with E-state index in [1.165, 1.54) is 5.56 Å². The van der Waals surface area contributed by atoms with E-state index in [4.69, 9.17) is 4.74 Å². The Hall–Kier alpha value is -2.60. The molecule has 0 radical (unpaired) electrons. The number of H-pyrrole nitrogens is 1. The number of ether oxygens (including phenoxy) is 1. The van der Waals surface area contributed by atoms with E-state index < -0.39 is 0 Å². The molecule has 0 aliphatic heterocycles. The van der Waals surface area contributed by atoms with Gasteiger partial charge >= 0.3 is 0 Å². The smallest absolute Gasteiger partial charge is 0.275 e. The molecule has 5 nitrogen and oxygen atoms in total. The summed E-state index contributed by atoms with van der Waals surface area (Å²) in [4.78, 5) is 15.3. The summed E-state index contributed by atoms with van der Waals surface area (Å²) in [5.41, 5.74) is 5.32. The zero-order chi connectivity index (χ0) is 19.6. The van der Waals surface area contributed by atoms with Crippen LogP contribution < -0.4 is 4.74 Å². The lowest BCUT2D eigenvalue weighted by Crippen LogP contribution is -2.33. The number of rotatable bonds is 8. The molecule has 150 valence electrons. The summed E-state index contributed by atoms with van der Waals surface area (Å²) >= 11 is 1.71. The summed E-state index contributed by atoms with van der Waals surface area (Å²) in [7, 11) is 0. The number of amides is 1. The molecule has 2 aliphatic rings. The van der Waals surface area contributed by atoms with Gasteiger partial charge in [-0.2, -0.15) is 16.4 Å². The van der Waals surface area contributed by atoms with E-state index >= 15 is 0 Å². The average molecular weight is 408 g/mol. The molecule has 2 aromatic heterocycles. The molecule has 1 fully saturated rings. The number of nitrogens with zero attached hydrogens (tertiary/aromatic N) is 2. The van der Waals surface area contributed by atoms with Crippen molar-refractivity contribution in [2.45, 2.75) is 51.1 Å². The van der Waals surface area contributed by atoms with Crippen LogP contribution in [0, 0.1) is 0 Å². The predicted octanol–water partition coefficient (Wildman–Crippen LogP) is 4.39. The summed E-state index contributed by atoms with van der Waals surface area (Å²) in [6, 6.07) is 10.6. The second-order valence-corrected chi connectivity index (χ2v) is 8.70. The number of carbonyl (C=O) groups is 1. The van der Waals surface area contributed by atoms with Crippen LogP contribution >= 0.6 is 11.3 Å². The fourth-order valence-electron chi connectivity index (χ4n) is 4.04. The summed E-state index contributed by atoms with van der Waals surface area (Å²) in [6.45, 7) is 1.26. The number of nitrogens with one attached hydrogen (secondary N) is 1. The minimum Gasteiger partial charge on any atom is -0.493 e. The molecular weight excluding hydrogens is 382 g/mol. The van der Waals surface area contributed by atoms with Gasteiger partial charge in [-0.3, -0.25) is 9.89 Å². The Bertz CT molecular complexity index is 991. The number of benzene rings is 1. The van der Waals surface area contributed by atoms with Gasteiger partial charge in [0.05, 0.1) is 6.61 Å². The molecule has 2 heterocycles. The van der Waals surface area contributed by atoms with Gasteiger partial charge in [0.2, 0.25) is 0 Å². The highest BCUT2D eigenvalue weighted by Gasteiger charge is 2.36. The van der Waals surface area contributed by atoms with E-state index in [0.717, 1.165) is 61.1 Å². The molecule has 1 saturated carbocycles. The number of aryl methyl sites for hydroxylation is 1. The molecule has 1 aromatic carbocycles. The van der Waals surface area contributed by atoms with Crippen molar-refractivity contribution in [1.82, 2.24) is 15.1 Å². The van der Waals surface area contributed by atoms with Crippen molar-refractivity contribution < 1.29 is 9.53 Å². The Morgan fingerprint density at radius 2 is 2.17 bits per heavy atom. The van der Waals surface area contributed by atoms with Crippen molar-refractivity contribution in [3.63, 3.8) is 0 Å². The van der Waals surface area contributed by atoms with Crippen LogP contribution in [-0.2, 0) is 25.8 Å². The average Bonchev–Trinajstić information content (AvgIpc) is 3.09. The number of aromatic nitrogens is 2. The maximum Gasteiger partial charge on any atom is 0.275 e. The first-order valence-corrected chi connectivity index (χ1v) is 11.3. The molecule has 1 N–H and O–H groups in total. The Morgan fingerprint density at radius 3 is 3.00 bits per heavy atom. The van der Waals surface area contributed by atoms with Crippen molar-refractivity contribution in [3.8, 4) is 5.75 Å². The molecule has 2 aliphatic carbocycles. The number of carbonyl (C=O) groups excluding carboxylic acids is 1. The normalized spacial score (nSPS) is 15.3. The molecule has 0 spiro atoms. The minimum atomic E-state index is 0.0654. The molecule has 5 rings (SSSR count). The van der Waals surface area contributed by atoms with Gasteiger partial charge < -0.3 is 9.64 Å². The monoisotopic (exact) mass is 407 g/mol. The Kier molecular flexibility index (Phi) is 5.10. The van der Waals surface area contributed by atoms with Crippen LogP contribution in [0.4, 0.5) is 0 Å².